The Morgan fingerprint density at radius 3 is 2.88 bits per heavy atom. The minimum absolute atomic E-state index is 0.545. The van der Waals surface area contributed by atoms with Gasteiger partial charge in [0.15, 0.2) is 0 Å². The number of aliphatic hydroxyl groups is 1. The van der Waals surface area contributed by atoms with Gasteiger partial charge in [0.1, 0.15) is 0 Å². The fourth-order valence-corrected chi connectivity index (χ4v) is 3.29. The Morgan fingerprint density at radius 2 is 2.31 bits per heavy atom. The van der Waals surface area contributed by atoms with E-state index in [1.807, 2.05) is 18.2 Å². The fourth-order valence-electron chi connectivity index (χ4n) is 2.55. The Balaban J connectivity index is 2.14. The van der Waals surface area contributed by atoms with E-state index in [9.17, 15) is 5.11 Å². The van der Waals surface area contributed by atoms with Gasteiger partial charge in [-0.2, -0.15) is 0 Å². The van der Waals surface area contributed by atoms with E-state index in [4.69, 9.17) is 11.6 Å². The Kier molecular flexibility index (Phi) is 3.62. The van der Waals surface area contributed by atoms with E-state index in [1.165, 1.54) is 0 Å². The number of hydrogen-bond donors (Lipinski definition) is 1. The second-order valence-electron chi connectivity index (χ2n) is 4.98. The number of rotatable bonds is 2. The molecule has 0 bridgehead atoms. The zero-order valence-electron chi connectivity index (χ0n) is 9.34. The molecule has 1 aromatic rings. The predicted molar refractivity (Wildman–Crippen MR) is 70.8 cm³/mol. The van der Waals surface area contributed by atoms with Crippen molar-refractivity contribution in [1.82, 2.24) is 0 Å². The van der Waals surface area contributed by atoms with Crippen molar-refractivity contribution in [2.75, 3.05) is 0 Å². The molecule has 1 nitrogen and oxygen atoms in total. The molecule has 1 N–H and O–H groups in total. The third kappa shape index (κ3) is 2.79. The predicted octanol–water partition coefficient (Wildman–Crippen LogP) is 4.20. The highest BCUT2D eigenvalue weighted by molar-refractivity contribution is 9.10. The van der Waals surface area contributed by atoms with Gasteiger partial charge in [-0.1, -0.05) is 40.5 Å². The molecule has 88 valence electrons. The van der Waals surface area contributed by atoms with Crippen molar-refractivity contribution >= 4 is 27.5 Å². The second kappa shape index (κ2) is 4.67. The van der Waals surface area contributed by atoms with E-state index >= 15 is 0 Å². The van der Waals surface area contributed by atoms with Crippen molar-refractivity contribution in [1.29, 1.82) is 0 Å². The molecule has 0 aliphatic heterocycles. The lowest BCUT2D eigenvalue weighted by atomic mass is 9.92. The van der Waals surface area contributed by atoms with Crippen molar-refractivity contribution in [2.45, 2.75) is 38.2 Å². The van der Waals surface area contributed by atoms with E-state index in [1.54, 1.807) is 0 Å². The zero-order valence-corrected chi connectivity index (χ0v) is 11.7. The summed E-state index contributed by atoms with van der Waals surface area (Å²) in [6.07, 6.45) is 3.56. The van der Waals surface area contributed by atoms with Crippen LogP contribution in [-0.4, -0.2) is 10.7 Å². The molecule has 0 radical (unpaired) electrons. The van der Waals surface area contributed by atoms with Crippen LogP contribution in [0.3, 0.4) is 0 Å². The number of benzene rings is 1. The van der Waals surface area contributed by atoms with Crippen molar-refractivity contribution < 1.29 is 5.11 Å². The third-order valence-electron chi connectivity index (χ3n) is 3.37. The van der Waals surface area contributed by atoms with E-state index in [0.717, 1.165) is 34.3 Å². The van der Waals surface area contributed by atoms with Crippen LogP contribution in [0.15, 0.2) is 22.7 Å². The molecule has 3 heteroatoms. The van der Waals surface area contributed by atoms with Gasteiger partial charge in [0, 0.05) is 15.9 Å². The Hall–Kier alpha value is -0.0500. The molecule has 1 aliphatic rings. The highest BCUT2D eigenvalue weighted by atomic mass is 79.9. The van der Waals surface area contributed by atoms with E-state index in [-0.39, 0.29) is 0 Å². The van der Waals surface area contributed by atoms with Gasteiger partial charge < -0.3 is 5.11 Å². The van der Waals surface area contributed by atoms with Crippen molar-refractivity contribution in [3.05, 3.63) is 33.3 Å². The average Bonchev–Trinajstić information content (AvgIpc) is 2.52. The topological polar surface area (TPSA) is 20.2 Å². The number of hydrogen-bond acceptors (Lipinski definition) is 1. The molecule has 1 aliphatic carbocycles. The first-order valence-corrected chi connectivity index (χ1v) is 6.82. The van der Waals surface area contributed by atoms with Crippen LogP contribution in [0.25, 0.3) is 0 Å². The summed E-state index contributed by atoms with van der Waals surface area (Å²) in [5, 5.41) is 11.2. The molecule has 1 fully saturated rings. The summed E-state index contributed by atoms with van der Waals surface area (Å²) in [7, 11) is 0. The van der Waals surface area contributed by atoms with Gasteiger partial charge in [-0.15, -0.1) is 0 Å². The summed E-state index contributed by atoms with van der Waals surface area (Å²) in [6, 6.07) is 5.86. The van der Waals surface area contributed by atoms with Crippen LogP contribution in [0.1, 0.15) is 31.7 Å². The molecule has 1 aromatic carbocycles. The lowest BCUT2D eigenvalue weighted by molar-refractivity contribution is 0.0446. The molecular formula is C13H16BrClO. The van der Waals surface area contributed by atoms with Crippen LogP contribution in [0.2, 0.25) is 5.02 Å². The van der Waals surface area contributed by atoms with Gasteiger partial charge in [0.2, 0.25) is 0 Å². The molecule has 16 heavy (non-hydrogen) atoms. The van der Waals surface area contributed by atoms with Crippen LogP contribution in [-0.2, 0) is 6.42 Å². The lowest BCUT2D eigenvalue weighted by Gasteiger charge is -2.23. The summed E-state index contributed by atoms with van der Waals surface area (Å²) < 4.78 is 0.980. The van der Waals surface area contributed by atoms with Crippen LogP contribution in [0.5, 0.6) is 0 Å². The van der Waals surface area contributed by atoms with E-state index in [0.29, 0.717) is 12.3 Å². The Labute approximate surface area is 110 Å². The van der Waals surface area contributed by atoms with E-state index in [2.05, 4.69) is 22.9 Å². The van der Waals surface area contributed by atoms with Crippen molar-refractivity contribution in [3.63, 3.8) is 0 Å². The molecule has 0 heterocycles. The summed E-state index contributed by atoms with van der Waals surface area (Å²) in [6.45, 7) is 2.20. The first-order valence-electron chi connectivity index (χ1n) is 5.65. The smallest absolute Gasteiger partial charge is 0.0691 e. The first-order chi connectivity index (χ1) is 7.48. The highest BCUT2D eigenvalue weighted by Crippen LogP contribution is 2.38. The van der Waals surface area contributed by atoms with Gasteiger partial charge in [0.25, 0.3) is 0 Å². The summed E-state index contributed by atoms with van der Waals surface area (Å²) in [5.41, 5.74) is 0.498. The maximum Gasteiger partial charge on any atom is 0.0691 e. The molecule has 0 spiro atoms. The van der Waals surface area contributed by atoms with Crippen LogP contribution >= 0.6 is 27.5 Å². The van der Waals surface area contributed by atoms with Gasteiger partial charge in [0.05, 0.1) is 5.60 Å². The largest absolute Gasteiger partial charge is 0.390 e. The second-order valence-corrected chi connectivity index (χ2v) is 6.31. The van der Waals surface area contributed by atoms with Crippen molar-refractivity contribution in [2.24, 2.45) is 5.92 Å². The summed E-state index contributed by atoms with van der Waals surface area (Å²) >= 11 is 9.55. The fraction of sp³-hybridized carbons (Fsp3) is 0.538. The number of halogens is 2. The quantitative estimate of drug-likeness (QED) is 0.868. The maximum atomic E-state index is 10.4. The molecule has 2 rings (SSSR count). The Bertz CT molecular complexity index is 394. The third-order valence-corrected chi connectivity index (χ3v) is 4.21. The SMILES string of the molecule is CC1CCC(O)(Cc2ccc(Br)cc2Cl)C1. The van der Waals surface area contributed by atoms with Crippen LogP contribution < -0.4 is 0 Å². The normalized spacial score (nSPS) is 29.6. The molecule has 0 saturated heterocycles. The zero-order chi connectivity index (χ0) is 11.8. The van der Waals surface area contributed by atoms with Gasteiger partial charge >= 0.3 is 0 Å². The first kappa shape index (κ1) is 12.4. The summed E-state index contributed by atoms with van der Waals surface area (Å²) in [5.74, 6) is 0.624. The molecule has 0 aromatic heterocycles. The van der Waals surface area contributed by atoms with Gasteiger partial charge in [-0.25, -0.2) is 0 Å². The molecule has 2 unspecified atom stereocenters. The molecule has 0 amide bonds. The molecular weight excluding hydrogens is 287 g/mol. The van der Waals surface area contributed by atoms with Gasteiger partial charge in [-0.3, -0.25) is 0 Å². The highest BCUT2D eigenvalue weighted by Gasteiger charge is 2.35. The van der Waals surface area contributed by atoms with Gasteiger partial charge in [-0.05, 0) is 42.9 Å². The minimum atomic E-state index is -0.545. The van der Waals surface area contributed by atoms with Crippen LogP contribution in [0.4, 0.5) is 0 Å². The van der Waals surface area contributed by atoms with E-state index < -0.39 is 5.60 Å². The van der Waals surface area contributed by atoms with Crippen LogP contribution in [0, 0.1) is 5.92 Å². The lowest BCUT2D eigenvalue weighted by Crippen LogP contribution is -2.27. The summed E-state index contributed by atoms with van der Waals surface area (Å²) in [4.78, 5) is 0. The maximum absolute atomic E-state index is 10.4. The standard InChI is InChI=1S/C13H16BrClO/c1-9-4-5-13(16,7-9)8-10-2-3-11(14)6-12(10)15/h2-3,6,9,16H,4-5,7-8H2,1H3. The molecule has 2 atom stereocenters. The monoisotopic (exact) mass is 302 g/mol. The molecule has 1 saturated carbocycles. The Morgan fingerprint density at radius 1 is 1.56 bits per heavy atom. The average molecular weight is 304 g/mol. The van der Waals surface area contributed by atoms with Crippen molar-refractivity contribution in [3.8, 4) is 0 Å². The minimum Gasteiger partial charge on any atom is -0.390 e.